The van der Waals surface area contributed by atoms with Crippen LogP contribution in [0.25, 0.3) is 0 Å². The Kier molecular flexibility index (Phi) is 7.41. The first kappa shape index (κ1) is 19.2. The minimum atomic E-state index is 0. The van der Waals surface area contributed by atoms with Crippen molar-refractivity contribution in [2.75, 3.05) is 52.5 Å². The van der Waals surface area contributed by atoms with Gasteiger partial charge in [-0.05, 0) is 38.5 Å². The molecular formula is C17H33IN4O. The highest BCUT2D eigenvalue weighted by molar-refractivity contribution is 14.0. The summed E-state index contributed by atoms with van der Waals surface area (Å²) < 4.78 is 5.44. The highest BCUT2D eigenvalue weighted by atomic mass is 127. The number of hydrogen-bond acceptors (Lipinski definition) is 3. The fourth-order valence-corrected chi connectivity index (χ4v) is 3.98. The number of nitrogens with one attached hydrogen (secondary N) is 1. The van der Waals surface area contributed by atoms with Gasteiger partial charge in [0.25, 0.3) is 0 Å². The van der Waals surface area contributed by atoms with Gasteiger partial charge in [-0.25, -0.2) is 0 Å². The third kappa shape index (κ3) is 4.72. The zero-order valence-corrected chi connectivity index (χ0v) is 17.1. The normalized spacial score (nSPS) is 25.8. The van der Waals surface area contributed by atoms with Crippen LogP contribution in [0.1, 0.15) is 39.5 Å². The molecule has 0 aromatic carbocycles. The third-order valence-corrected chi connectivity index (χ3v) is 5.66. The molecule has 134 valence electrons. The van der Waals surface area contributed by atoms with E-state index in [0.717, 1.165) is 45.4 Å². The van der Waals surface area contributed by atoms with Gasteiger partial charge in [0, 0.05) is 38.8 Å². The molecule has 0 bridgehead atoms. The van der Waals surface area contributed by atoms with Gasteiger partial charge in [0.2, 0.25) is 0 Å². The van der Waals surface area contributed by atoms with Gasteiger partial charge >= 0.3 is 0 Å². The Balaban J connectivity index is 0.00000192. The fraction of sp³-hybridized carbons (Fsp3) is 0.941. The first-order valence-electron chi connectivity index (χ1n) is 9.07. The van der Waals surface area contributed by atoms with E-state index in [1.165, 1.54) is 38.8 Å². The quantitative estimate of drug-likeness (QED) is 0.417. The summed E-state index contributed by atoms with van der Waals surface area (Å²) in [6.07, 6.45) is 5.63. The van der Waals surface area contributed by atoms with Crippen LogP contribution in [-0.4, -0.2) is 74.3 Å². The molecule has 1 spiro atoms. The summed E-state index contributed by atoms with van der Waals surface area (Å²) in [4.78, 5) is 9.93. The number of hydrogen-bond donors (Lipinski definition) is 1. The van der Waals surface area contributed by atoms with Gasteiger partial charge in [-0.15, -0.1) is 24.0 Å². The summed E-state index contributed by atoms with van der Waals surface area (Å²) in [6, 6.07) is 0.498. The van der Waals surface area contributed by atoms with Crippen molar-refractivity contribution in [3.8, 4) is 0 Å². The van der Waals surface area contributed by atoms with E-state index in [-0.39, 0.29) is 24.0 Å². The first-order chi connectivity index (χ1) is 10.7. The molecule has 1 N–H and O–H groups in total. The van der Waals surface area contributed by atoms with Gasteiger partial charge in [0.1, 0.15) is 0 Å². The largest absolute Gasteiger partial charge is 0.379 e. The molecule has 23 heavy (non-hydrogen) atoms. The van der Waals surface area contributed by atoms with E-state index in [0.29, 0.717) is 11.5 Å². The molecule has 0 amide bonds. The number of halogens is 1. The summed E-state index contributed by atoms with van der Waals surface area (Å²) in [7, 11) is 0. The van der Waals surface area contributed by atoms with Gasteiger partial charge in [-0.3, -0.25) is 9.89 Å². The van der Waals surface area contributed by atoms with Crippen molar-refractivity contribution in [2.45, 2.75) is 45.6 Å². The maximum absolute atomic E-state index is 5.44. The van der Waals surface area contributed by atoms with Crippen LogP contribution in [-0.2, 0) is 4.74 Å². The van der Waals surface area contributed by atoms with Crippen LogP contribution in [0, 0.1) is 5.41 Å². The molecule has 3 rings (SSSR count). The SMILES string of the molecule is CCNC(=NCC(C)N1CCOCC1)N1CCC2(CCC2)C1.I. The van der Waals surface area contributed by atoms with Crippen LogP contribution in [0.4, 0.5) is 0 Å². The standard InChI is InChI=1S/C17H32N4O.HI/c1-3-18-16(21-8-7-17(14-21)5-4-6-17)19-13-15(2)20-9-11-22-12-10-20;/h15H,3-14H2,1-2H3,(H,18,19);1H. The van der Waals surface area contributed by atoms with E-state index in [1.54, 1.807) is 0 Å². The molecule has 1 saturated carbocycles. The lowest BCUT2D eigenvalue weighted by Gasteiger charge is -2.38. The van der Waals surface area contributed by atoms with Crippen LogP contribution >= 0.6 is 24.0 Å². The van der Waals surface area contributed by atoms with E-state index in [4.69, 9.17) is 9.73 Å². The van der Waals surface area contributed by atoms with E-state index in [9.17, 15) is 0 Å². The van der Waals surface area contributed by atoms with E-state index >= 15 is 0 Å². The Morgan fingerprint density at radius 3 is 2.52 bits per heavy atom. The minimum absolute atomic E-state index is 0. The fourth-order valence-electron chi connectivity index (χ4n) is 3.98. The average molecular weight is 436 g/mol. The average Bonchev–Trinajstić information content (AvgIpc) is 2.98. The lowest BCUT2D eigenvalue weighted by Crippen LogP contribution is -2.45. The highest BCUT2D eigenvalue weighted by Gasteiger charge is 2.43. The van der Waals surface area contributed by atoms with Crippen LogP contribution in [0.15, 0.2) is 4.99 Å². The maximum Gasteiger partial charge on any atom is 0.193 e. The second kappa shape index (κ2) is 8.85. The van der Waals surface area contributed by atoms with Crippen LogP contribution in [0.2, 0.25) is 0 Å². The topological polar surface area (TPSA) is 40.1 Å². The second-order valence-electron chi connectivity index (χ2n) is 7.22. The van der Waals surface area contributed by atoms with Crippen molar-refractivity contribution in [1.82, 2.24) is 15.1 Å². The third-order valence-electron chi connectivity index (χ3n) is 5.66. The van der Waals surface area contributed by atoms with Crippen LogP contribution in [0.3, 0.4) is 0 Å². The van der Waals surface area contributed by atoms with Crippen LogP contribution < -0.4 is 5.32 Å². The maximum atomic E-state index is 5.44. The van der Waals surface area contributed by atoms with Gasteiger partial charge in [-0.2, -0.15) is 0 Å². The zero-order chi connectivity index (χ0) is 15.4. The number of aliphatic imine (C=N–C) groups is 1. The molecule has 0 radical (unpaired) electrons. The number of rotatable bonds is 4. The predicted octanol–water partition coefficient (Wildman–Crippen LogP) is 2.17. The lowest BCUT2D eigenvalue weighted by atomic mass is 9.68. The van der Waals surface area contributed by atoms with Crippen molar-refractivity contribution in [1.29, 1.82) is 0 Å². The zero-order valence-electron chi connectivity index (χ0n) is 14.7. The molecular weight excluding hydrogens is 403 g/mol. The highest BCUT2D eigenvalue weighted by Crippen LogP contribution is 2.47. The van der Waals surface area contributed by atoms with E-state index in [2.05, 4.69) is 29.0 Å². The van der Waals surface area contributed by atoms with Crippen molar-refractivity contribution in [3.05, 3.63) is 0 Å². The summed E-state index contributed by atoms with van der Waals surface area (Å²) >= 11 is 0. The van der Waals surface area contributed by atoms with Crippen molar-refractivity contribution in [2.24, 2.45) is 10.4 Å². The molecule has 2 aliphatic heterocycles. The van der Waals surface area contributed by atoms with E-state index < -0.39 is 0 Å². The van der Waals surface area contributed by atoms with Crippen molar-refractivity contribution >= 4 is 29.9 Å². The minimum Gasteiger partial charge on any atom is -0.379 e. The number of nitrogens with zero attached hydrogens (tertiary/aromatic N) is 3. The molecule has 3 fully saturated rings. The number of ether oxygens (including phenoxy) is 1. The molecule has 2 saturated heterocycles. The molecule has 5 nitrogen and oxygen atoms in total. The van der Waals surface area contributed by atoms with Gasteiger partial charge in [0.05, 0.1) is 19.8 Å². The summed E-state index contributed by atoms with van der Waals surface area (Å²) in [6.45, 7) is 12.5. The molecule has 1 unspecified atom stereocenters. The van der Waals surface area contributed by atoms with Gasteiger partial charge in [0.15, 0.2) is 5.96 Å². The van der Waals surface area contributed by atoms with Gasteiger partial charge in [-0.1, -0.05) is 6.42 Å². The van der Waals surface area contributed by atoms with Crippen LogP contribution in [0.5, 0.6) is 0 Å². The Bertz CT molecular complexity index is 394. The predicted molar refractivity (Wildman–Crippen MR) is 106 cm³/mol. The lowest BCUT2D eigenvalue weighted by molar-refractivity contribution is 0.0220. The van der Waals surface area contributed by atoms with E-state index in [1.807, 2.05) is 0 Å². The number of likely N-dealkylation sites (tertiary alicyclic amines) is 1. The molecule has 0 aromatic rings. The summed E-state index contributed by atoms with van der Waals surface area (Å²) in [5, 5.41) is 3.50. The smallest absolute Gasteiger partial charge is 0.193 e. The Labute approximate surface area is 158 Å². The van der Waals surface area contributed by atoms with Gasteiger partial charge < -0.3 is 15.0 Å². The first-order valence-corrected chi connectivity index (χ1v) is 9.07. The number of guanidine groups is 1. The summed E-state index contributed by atoms with van der Waals surface area (Å²) in [5.74, 6) is 1.13. The van der Waals surface area contributed by atoms with Crippen molar-refractivity contribution in [3.63, 3.8) is 0 Å². The second-order valence-corrected chi connectivity index (χ2v) is 7.22. The monoisotopic (exact) mass is 436 g/mol. The molecule has 1 atom stereocenters. The molecule has 6 heteroatoms. The molecule has 0 aromatic heterocycles. The Morgan fingerprint density at radius 1 is 1.22 bits per heavy atom. The molecule has 2 heterocycles. The Morgan fingerprint density at radius 2 is 1.96 bits per heavy atom. The molecule has 3 aliphatic rings. The summed E-state index contributed by atoms with van der Waals surface area (Å²) in [5.41, 5.74) is 0.631. The molecule has 1 aliphatic carbocycles. The Hall–Kier alpha value is -0.0800. The number of morpholine rings is 1. The van der Waals surface area contributed by atoms with Crippen molar-refractivity contribution < 1.29 is 4.74 Å².